The summed E-state index contributed by atoms with van der Waals surface area (Å²) in [5, 5.41) is 4.02. The molecular weight excluding hydrogens is 686 g/mol. The third-order valence-corrected chi connectivity index (χ3v) is 11.8. The Kier molecular flexibility index (Phi) is 8.81. The number of anilines is 3. The number of hydrogen-bond acceptors (Lipinski definition) is 7. The van der Waals surface area contributed by atoms with Gasteiger partial charge in [-0.25, -0.2) is 4.90 Å². The van der Waals surface area contributed by atoms with Gasteiger partial charge in [-0.3, -0.25) is 23.7 Å². The molecule has 3 amide bonds. The predicted molar refractivity (Wildman–Crippen MR) is 190 cm³/mol. The van der Waals surface area contributed by atoms with E-state index in [0.717, 1.165) is 69.7 Å². The van der Waals surface area contributed by atoms with E-state index >= 15 is 0 Å². The average molecular weight is 717 g/mol. The summed E-state index contributed by atoms with van der Waals surface area (Å²) in [6, 6.07) is 24.8. The van der Waals surface area contributed by atoms with Crippen molar-refractivity contribution in [1.29, 1.82) is 0 Å². The first-order chi connectivity index (χ1) is 24.0. The average Bonchev–Trinajstić information content (AvgIpc) is 3.55. The molecule has 50 heavy (non-hydrogen) atoms. The highest BCUT2D eigenvalue weighted by molar-refractivity contribution is 8.00. The second kappa shape index (κ2) is 13.1. The molecule has 7 rings (SSSR count). The molecule has 5 aromatic rings. The van der Waals surface area contributed by atoms with Crippen LogP contribution in [-0.2, 0) is 27.1 Å². The van der Waals surface area contributed by atoms with Crippen LogP contribution in [0.1, 0.15) is 35.8 Å². The number of hydrogen-bond donors (Lipinski definition) is 1. The van der Waals surface area contributed by atoms with Crippen molar-refractivity contribution in [2.75, 3.05) is 28.2 Å². The number of nitrogens with zero attached hydrogens (tertiary/aromatic N) is 3. The molecule has 8 nitrogen and oxygen atoms in total. The van der Waals surface area contributed by atoms with Crippen molar-refractivity contribution in [2.24, 2.45) is 5.92 Å². The Morgan fingerprint density at radius 3 is 2.30 bits per heavy atom. The lowest BCUT2D eigenvalue weighted by Gasteiger charge is -2.31. The van der Waals surface area contributed by atoms with Crippen molar-refractivity contribution in [3.8, 4) is 0 Å². The monoisotopic (exact) mass is 716 g/mol. The molecule has 4 aromatic carbocycles. The number of aromatic nitrogens is 1. The minimum Gasteiger partial charge on any atom is -0.372 e. The van der Waals surface area contributed by atoms with Crippen LogP contribution < -0.4 is 20.0 Å². The zero-order valence-corrected chi connectivity index (χ0v) is 28.6. The normalized spacial score (nSPS) is 18.7. The van der Waals surface area contributed by atoms with Crippen molar-refractivity contribution in [3.05, 3.63) is 117 Å². The van der Waals surface area contributed by atoms with Crippen LogP contribution in [0.4, 0.5) is 30.2 Å². The van der Waals surface area contributed by atoms with Crippen molar-refractivity contribution < 1.29 is 27.6 Å². The Hall–Kier alpha value is -4.88. The van der Waals surface area contributed by atoms with E-state index in [1.54, 1.807) is 6.07 Å². The molecule has 1 fully saturated rings. The van der Waals surface area contributed by atoms with E-state index in [1.165, 1.54) is 16.7 Å². The molecule has 0 saturated carbocycles. The number of thiazole rings is 1. The minimum absolute atomic E-state index is 0.171. The Morgan fingerprint density at radius 2 is 1.58 bits per heavy atom. The minimum atomic E-state index is -4.68. The highest BCUT2D eigenvalue weighted by Gasteiger charge is 2.57. The van der Waals surface area contributed by atoms with Crippen molar-refractivity contribution in [1.82, 2.24) is 4.57 Å². The predicted octanol–water partition coefficient (Wildman–Crippen LogP) is 7.36. The topological polar surface area (TPSA) is 91.7 Å². The summed E-state index contributed by atoms with van der Waals surface area (Å²) in [6.07, 6.45) is -4.68. The Labute approximate surface area is 293 Å². The molecule has 1 N–H and O–H groups in total. The fourth-order valence-electron chi connectivity index (χ4n) is 6.84. The fraction of sp³-hybridized carbons (Fsp3) is 0.243. The lowest BCUT2D eigenvalue weighted by Crippen LogP contribution is -2.33. The molecular formula is C37H31F3N4O4S2. The largest absolute Gasteiger partial charge is 0.416 e. The van der Waals surface area contributed by atoms with Crippen LogP contribution in [0.15, 0.2) is 101 Å². The van der Waals surface area contributed by atoms with Crippen molar-refractivity contribution in [2.45, 2.75) is 42.8 Å². The van der Waals surface area contributed by atoms with Crippen molar-refractivity contribution >= 4 is 68.7 Å². The molecule has 0 aliphatic carbocycles. The number of rotatable bonds is 8. The number of amides is 3. The van der Waals surface area contributed by atoms with Gasteiger partial charge in [0.05, 0.1) is 22.2 Å². The maximum Gasteiger partial charge on any atom is 0.416 e. The summed E-state index contributed by atoms with van der Waals surface area (Å²) in [5.74, 6) is -3.52. The number of nitrogens with one attached hydrogen (secondary N) is 1. The molecule has 1 saturated heterocycles. The van der Waals surface area contributed by atoms with Gasteiger partial charge in [0.25, 0.3) is 0 Å². The van der Waals surface area contributed by atoms with E-state index < -0.39 is 51.4 Å². The summed E-state index contributed by atoms with van der Waals surface area (Å²) in [4.78, 5) is 58.4. The zero-order valence-electron chi connectivity index (χ0n) is 26.9. The summed E-state index contributed by atoms with van der Waals surface area (Å²) in [5.41, 5.74) is 1.06. The van der Waals surface area contributed by atoms with E-state index in [-0.39, 0.29) is 12.2 Å². The molecule has 0 radical (unpaired) electrons. The van der Waals surface area contributed by atoms with Gasteiger partial charge in [0.1, 0.15) is 11.8 Å². The highest BCUT2D eigenvalue weighted by atomic mass is 32.2. The Bertz CT molecular complexity index is 2190. The van der Waals surface area contributed by atoms with E-state index in [2.05, 4.69) is 10.2 Å². The van der Waals surface area contributed by atoms with Gasteiger partial charge in [-0.15, -0.1) is 0 Å². The van der Waals surface area contributed by atoms with Crippen LogP contribution in [0.25, 0.3) is 10.8 Å². The van der Waals surface area contributed by atoms with Crippen LogP contribution in [0, 0.1) is 5.92 Å². The molecule has 0 spiro atoms. The maximum atomic E-state index is 14.2. The van der Waals surface area contributed by atoms with Gasteiger partial charge >= 0.3 is 11.0 Å². The van der Waals surface area contributed by atoms with Crippen LogP contribution in [-0.4, -0.2) is 40.6 Å². The molecule has 2 aliphatic heterocycles. The zero-order chi connectivity index (χ0) is 35.3. The number of benzene rings is 4. The third-order valence-electron chi connectivity index (χ3n) is 9.23. The third kappa shape index (κ3) is 5.87. The van der Waals surface area contributed by atoms with Gasteiger partial charge in [0, 0.05) is 40.6 Å². The first-order valence-electron chi connectivity index (χ1n) is 16.1. The smallest absolute Gasteiger partial charge is 0.372 e. The standard InChI is InChI=1S/C37H31F3N4O4S2/c1-3-42(4-2)24-17-15-22(16-18-24)29-30-31(34(47)44(33(30)46)25-12-8-11-23(19-25)37(38,39)40)49-35-32(29)50-36(48)43(35)20-28(45)41-27-14-7-10-21-9-5-6-13-26(21)27/h5-19,29-31H,3-4,20H2,1-2H3,(H,41,45)/t29-,30?,31?/m1/s1. The second-order valence-corrected chi connectivity index (χ2v) is 14.2. The molecule has 2 unspecified atom stereocenters. The first kappa shape index (κ1) is 33.6. The number of halogens is 3. The maximum absolute atomic E-state index is 14.2. The molecule has 0 bridgehead atoms. The summed E-state index contributed by atoms with van der Waals surface area (Å²) in [7, 11) is 0. The van der Waals surface area contributed by atoms with Crippen molar-refractivity contribution in [3.63, 3.8) is 0 Å². The van der Waals surface area contributed by atoms with Gasteiger partial charge in [0.15, 0.2) is 0 Å². The molecule has 256 valence electrons. The number of fused-ring (bicyclic) bond motifs is 3. The summed E-state index contributed by atoms with van der Waals surface area (Å²) >= 11 is 1.92. The molecule has 3 heterocycles. The molecule has 2 aliphatic rings. The van der Waals surface area contributed by atoms with E-state index in [0.29, 0.717) is 21.2 Å². The SMILES string of the molecule is CCN(CC)c1ccc([C@H]2c3sc(=O)n(CC(=O)Nc4cccc5ccccc45)c3SC3C(=O)N(c4cccc(C(F)(F)F)c4)C(=O)C32)cc1. The fourth-order valence-corrected chi connectivity index (χ4v) is 9.61. The Balaban J connectivity index is 1.29. The van der Waals surface area contributed by atoms with Gasteiger partial charge in [-0.2, -0.15) is 13.2 Å². The number of alkyl halides is 3. The lowest BCUT2D eigenvalue weighted by atomic mass is 9.83. The molecule has 1 aromatic heterocycles. The van der Waals surface area contributed by atoms with Gasteiger partial charge in [-0.1, -0.05) is 77.7 Å². The van der Waals surface area contributed by atoms with E-state index in [4.69, 9.17) is 0 Å². The number of thioether (sulfide) groups is 1. The van der Waals surface area contributed by atoms with Crippen LogP contribution in [0.5, 0.6) is 0 Å². The van der Waals surface area contributed by atoms with Crippen LogP contribution >= 0.6 is 23.1 Å². The van der Waals surface area contributed by atoms with E-state index in [1.807, 2.05) is 74.5 Å². The van der Waals surface area contributed by atoms with Gasteiger partial charge in [0.2, 0.25) is 17.7 Å². The highest BCUT2D eigenvalue weighted by Crippen LogP contribution is 2.54. The van der Waals surface area contributed by atoms with E-state index in [9.17, 15) is 32.3 Å². The van der Waals surface area contributed by atoms with Gasteiger partial charge < -0.3 is 10.2 Å². The number of carbonyl (C=O) groups is 3. The summed E-state index contributed by atoms with van der Waals surface area (Å²) < 4.78 is 42.3. The molecule has 13 heteroatoms. The van der Waals surface area contributed by atoms with Crippen LogP contribution in [0.2, 0.25) is 0 Å². The molecule has 3 atom stereocenters. The quantitative estimate of drug-likeness (QED) is 0.169. The first-order valence-corrected chi connectivity index (χ1v) is 17.8. The van der Waals surface area contributed by atoms with Gasteiger partial charge in [-0.05, 0) is 61.2 Å². The number of carbonyl (C=O) groups excluding carboxylic acids is 3. The number of imide groups is 1. The Morgan fingerprint density at radius 1 is 0.880 bits per heavy atom. The second-order valence-electron chi connectivity index (χ2n) is 12.1. The van der Waals surface area contributed by atoms with Crippen LogP contribution in [0.3, 0.4) is 0 Å². The lowest BCUT2D eigenvalue weighted by molar-refractivity contribution is -0.137. The summed E-state index contributed by atoms with van der Waals surface area (Å²) in [6.45, 7) is 5.28.